The van der Waals surface area contributed by atoms with Gasteiger partial charge in [-0.2, -0.15) is 0 Å². The van der Waals surface area contributed by atoms with Crippen molar-refractivity contribution in [3.63, 3.8) is 0 Å². The monoisotopic (exact) mass is 140 g/mol. The molecule has 0 heterocycles. The van der Waals surface area contributed by atoms with Crippen LogP contribution >= 0.6 is 0 Å². The Kier molecular flexibility index (Phi) is 4.05. The van der Waals surface area contributed by atoms with E-state index >= 15 is 0 Å². The Morgan fingerprint density at radius 1 is 1.60 bits per heavy atom. The summed E-state index contributed by atoms with van der Waals surface area (Å²) in [5.74, 6) is 0. The van der Waals surface area contributed by atoms with Crippen molar-refractivity contribution in [2.75, 3.05) is 0 Å². The van der Waals surface area contributed by atoms with E-state index in [4.69, 9.17) is 5.11 Å². The van der Waals surface area contributed by atoms with Crippen LogP contribution in [0.15, 0.2) is 23.8 Å². The highest BCUT2D eigenvalue weighted by Gasteiger charge is 1.92. The summed E-state index contributed by atoms with van der Waals surface area (Å²) in [6.07, 6.45) is 2.49. The Balaban J connectivity index is 3.81. The molecule has 1 atom stereocenters. The molecule has 0 bridgehead atoms. The topological polar surface area (TPSA) is 20.2 Å². The average molecular weight is 140 g/mol. The first-order valence-electron chi connectivity index (χ1n) is 3.54. The minimum Gasteiger partial charge on any atom is -0.393 e. The second-order valence-electron chi connectivity index (χ2n) is 2.75. The van der Waals surface area contributed by atoms with Gasteiger partial charge in [0.05, 0.1) is 6.10 Å². The highest BCUT2D eigenvalue weighted by Crippen LogP contribution is 2.06. The number of hydrogen-bond donors (Lipinski definition) is 1. The third-order valence-corrected chi connectivity index (χ3v) is 1.44. The van der Waals surface area contributed by atoms with Crippen LogP contribution in [0.2, 0.25) is 0 Å². The first-order chi connectivity index (χ1) is 4.54. The van der Waals surface area contributed by atoms with Crippen molar-refractivity contribution >= 4 is 0 Å². The van der Waals surface area contributed by atoms with Gasteiger partial charge in [0, 0.05) is 0 Å². The number of allylic oxidation sites excluding steroid dienone is 2. The van der Waals surface area contributed by atoms with Crippen molar-refractivity contribution in [3.8, 4) is 0 Å². The van der Waals surface area contributed by atoms with E-state index < -0.39 is 0 Å². The molecule has 58 valence electrons. The maximum absolute atomic E-state index is 8.91. The van der Waals surface area contributed by atoms with Crippen LogP contribution in [0.25, 0.3) is 0 Å². The molecule has 0 radical (unpaired) electrons. The van der Waals surface area contributed by atoms with Gasteiger partial charge in [0.25, 0.3) is 0 Å². The van der Waals surface area contributed by atoms with E-state index in [0.717, 1.165) is 12.0 Å². The molecule has 1 N–H and O–H groups in total. The van der Waals surface area contributed by atoms with Gasteiger partial charge < -0.3 is 5.11 Å². The molecule has 0 saturated heterocycles. The molecular formula is C9H16O. The maximum Gasteiger partial charge on any atom is 0.0546 e. The number of rotatable bonds is 3. The third-order valence-electron chi connectivity index (χ3n) is 1.44. The minimum absolute atomic E-state index is 0.241. The van der Waals surface area contributed by atoms with Gasteiger partial charge in [-0.1, -0.05) is 23.8 Å². The van der Waals surface area contributed by atoms with Crippen LogP contribution in [0.3, 0.4) is 0 Å². The van der Waals surface area contributed by atoms with Crippen molar-refractivity contribution in [1.82, 2.24) is 0 Å². The zero-order valence-corrected chi connectivity index (χ0v) is 7.02. The highest BCUT2D eigenvalue weighted by molar-refractivity contribution is 5.23. The molecule has 0 spiro atoms. The first-order valence-corrected chi connectivity index (χ1v) is 3.54. The van der Waals surface area contributed by atoms with E-state index in [-0.39, 0.29) is 6.10 Å². The SMILES string of the molecule is C=C(C)/C(C)=C/CC(C)O. The lowest BCUT2D eigenvalue weighted by atomic mass is 10.1. The van der Waals surface area contributed by atoms with Gasteiger partial charge in [-0.3, -0.25) is 0 Å². The zero-order chi connectivity index (χ0) is 8.15. The molecule has 0 aromatic carbocycles. The molecule has 0 aliphatic rings. The number of aliphatic hydroxyl groups excluding tert-OH is 1. The third kappa shape index (κ3) is 4.33. The van der Waals surface area contributed by atoms with Gasteiger partial charge >= 0.3 is 0 Å². The molecule has 0 rings (SSSR count). The smallest absolute Gasteiger partial charge is 0.0546 e. The lowest BCUT2D eigenvalue weighted by Crippen LogP contribution is -1.96. The van der Waals surface area contributed by atoms with Crippen LogP contribution in [0.1, 0.15) is 27.2 Å². The van der Waals surface area contributed by atoms with Gasteiger partial charge in [-0.25, -0.2) is 0 Å². The molecule has 10 heavy (non-hydrogen) atoms. The molecule has 0 aromatic rings. The molecular weight excluding hydrogens is 124 g/mol. The quantitative estimate of drug-likeness (QED) is 0.596. The molecule has 0 aliphatic heterocycles. The summed E-state index contributed by atoms with van der Waals surface area (Å²) in [7, 11) is 0. The van der Waals surface area contributed by atoms with E-state index in [1.54, 1.807) is 6.92 Å². The van der Waals surface area contributed by atoms with Crippen LogP contribution in [0.5, 0.6) is 0 Å². The van der Waals surface area contributed by atoms with Crippen LogP contribution in [-0.2, 0) is 0 Å². The van der Waals surface area contributed by atoms with Crippen LogP contribution in [0.4, 0.5) is 0 Å². The van der Waals surface area contributed by atoms with Gasteiger partial charge in [-0.15, -0.1) is 0 Å². The van der Waals surface area contributed by atoms with Crippen molar-refractivity contribution in [2.24, 2.45) is 0 Å². The zero-order valence-electron chi connectivity index (χ0n) is 7.02. The van der Waals surface area contributed by atoms with E-state index in [1.807, 2.05) is 19.9 Å². The van der Waals surface area contributed by atoms with Gasteiger partial charge in [0.15, 0.2) is 0 Å². The minimum atomic E-state index is -0.241. The van der Waals surface area contributed by atoms with Crippen molar-refractivity contribution in [2.45, 2.75) is 33.3 Å². The van der Waals surface area contributed by atoms with Gasteiger partial charge in [0.2, 0.25) is 0 Å². The van der Waals surface area contributed by atoms with E-state index in [9.17, 15) is 0 Å². The Morgan fingerprint density at radius 2 is 2.10 bits per heavy atom. The number of aliphatic hydroxyl groups is 1. The van der Waals surface area contributed by atoms with Crippen LogP contribution in [-0.4, -0.2) is 11.2 Å². The Bertz CT molecular complexity index is 143. The predicted octanol–water partition coefficient (Wildman–Crippen LogP) is 2.28. The maximum atomic E-state index is 8.91. The van der Waals surface area contributed by atoms with Crippen LogP contribution in [0, 0.1) is 0 Å². The summed E-state index contributed by atoms with van der Waals surface area (Å²) in [5.41, 5.74) is 2.24. The van der Waals surface area contributed by atoms with E-state index in [0.29, 0.717) is 0 Å². The second kappa shape index (κ2) is 4.29. The summed E-state index contributed by atoms with van der Waals surface area (Å²) in [6, 6.07) is 0. The molecule has 0 aliphatic carbocycles. The second-order valence-corrected chi connectivity index (χ2v) is 2.75. The van der Waals surface area contributed by atoms with Gasteiger partial charge in [0.1, 0.15) is 0 Å². The lowest BCUT2D eigenvalue weighted by molar-refractivity contribution is 0.198. The molecule has 0 saturated carbocycles. The fourth-order valence-corrected chi connectivity index (χ4v) is 0.522. The molecule has 1 nitrogen and oxygen atoms in total. The average Bonchev–Trinajstić information content (AvgIpc) is 1.82. The normalized spacial score (nSPS) is 15.0. The Hall–Kier alpha value is -0.560. The van der Waals surface area contributed by atoms with E-state index in [1.165, 1.54) is 5.57 Å². The molecule has 1 unspecified atom stereocenters. The first kappa shape index (κ1) is 9.44. The fraction of sp³-hybridized carbons (Fsp3) is 0.556. The summed E-state index contributed by atoms with van der Waals surface area (Å²) < 4.78 is 0. The van der Waals surface area contributed by atoms with E-state index in [2.05, 4.69) is 6.58 Å². The van der Waals surface area contributed by atoms with Gasteiger partial charge in [-0.05, 0) is 27.2 Å². The highest BCUT2D eigenvalue weighted by atomic mass is 16.3. The summed E-state index contributed by atoms with van der Waals surface area (Å²) in [4.78, 5) is 0. The molecule has 0 fully saturated rings. The standard InChI is InChI=1S/C9H16O/c1-7(2)8(3)5-6-9(4)10/h5,9-10H,1,6H2,2-4H3/b8-5+. The summed E-state index contributed by atoms with van der Waals surface area (Å²) in [5, 5.41) is 8.91. The fourth-order valence-electron chi connectivity index (χ4n) is 0.522. The van der Waals surface area contributed by atoms with Crippen LogP contribution < -0.4 is 0 Å². The Labute approximate surface area is 63.1 Å². The predicted molar refractivity (Wildman–Crippen MR) is 44.9 cm³/mol. The summed E-state index contributed by atoms with van der Waals surface area (Å²) >= 11 is 0. The molecule has 0 aromatic heterocycles. The van der Waals surface area contributed by atoms with Crippen molar-refractivity contribution < 1.29 is 5.11 Å². The Morgan fingerprint density at radius 3 is 2.40 bits per heavy atom. The molecule has 1 heteroatoms. The largest absolute Gasteiger partial charge is 0.393 e. The van der Waals surface area contributed by atoms with Crippen molar-refractivity contribution in [3.05, 3.63) is 23.8 Å². The van der Waals surface area contributed by atoms with Crippen molar-refractivity contribution in [1.29, 1.82) is 0 Å². The lowest BCUT2D eigenvalue weighted by Gasteiger charge is -2.00. The summed E-state index contributed by atoms with van der Waals surface area (Å²) in [6.45, 7) is 9.53. The molecule has 0 amide bonds. The number of hydrogen-bond acceptors (Lipinski definition) is 1.